The molecule has 2 amide bonds. The lowest BCUT2D eigenvalue weighted by Crippen LogP contribution is -2.23. The van der Waals surface area contributed by atoms with Gasteiger partial charge in [-0.2, -0.15) is 0 Å². The van der Waals surface area contributed by atoms with Crippen LogP contribution in [0.4, 0.5) is 11.4 Å². The smallest absolute Gasteiger partial charge is 0.255 e. The highest BCUT2D eigenvalue weighted by Gasteiger charge is 2.21. The maximum Gasteiger partial charge on any atom is 0.255 e. The Morgan fingerprint density at radius 1 is 1.12 bits per heavy atom. The van der Waals surface area contributed by atoms with Crippen molar-refractivity contribution in [2.24, 2.45) is 0 Å². The molecule has 0 aliphatic carbocycles. The van der Waals surface area contributed by atoms with Crippen LogP contribution < -0.4 is 10.2 Å². The van der Waals surface area contributed by atoms with Crippen LogP contribution in [0.15, 0.2) is 42.5 Å². The summed E-state index contributed by atoms with van der Waals surface area (Å²) in [4.78, 5) is 29.5. The normalized spacial score (nSPS) is 14.2. The molecule has 4 rings (SSSR count). The first kappa shape index (κ1) is 16.4. The SMILES string of the molecule is Cc1[nH]c2ccc(C(=O)Nc3ccc(N4CCCC4=O)cc3)cc2c1C. The summed E-state index contributed by atoms with van der Waals surface area (Å²) >= 11 is 0. The highest BCUT2D eigenvalue weighted by molar-refractivity contribution is 6.06. The van der Waals surface area contributed by atoms with Gasteiger partial charge in [-0.1, -0.05) is 0 Å². The van der Waals surface area contributed by atoms with E-state index in [1.54, 1.807) is 4.90 Å². The Labute approximate surface area is 152 Å². The Balaban J connectivity index is 1.52. The van der Waals surface area contributed by atoms with E-state index in [2.05, 4.69) is 10.3 Å². The van der Waals surface area contributed by atoms with E-state index in [0.717, 1.165) is 40.8 Å². The fraction of sp³-hybridized carbons (Fsp3) is 0.238. The van der Waals surface area contributed by atoms with Crippen molar-refractivity contribution in [2.45, 2.75) is 26.7 Å². The van der Waals surface area contributed by atoms with Crippen LogP contribution in [0.1, 0.15) is 34.5 Å². The minimum absolute atomic E-state index is 0.143. The Bertz CT molecular complexity index is 1000. The number of fused-ring (bicyclic) bond motifs is 1. The number of rotatable bonds is 3. The van der Waals surface area contributed by atoms with Crippen molar-refractivity contribution in [1.82, 2.24) is 4.98 Å². The number of H-pyrrole nitrogens is 1. The molecule has 132 valence electrons. The highest BCUT2D eigenvalue weighted by atomic mass is 16.2. The zero-order valence-corrected chi connectivity index (χ0v) is 14.9. The minimum atomic E-state index is -0.143. The summed E-state index contributed by atoms with van der Waals surface area (Å²) in [6, 6.07) is 13.1. The molecule has 1 aliphatic rings. The summed E-state index contributed by atoms with van der Waals surface area (Å²) in [5.41, 5.74) is 5.53. The second-order valence-corrected chi connectivity index (χ2v) is 6.79. The number of anilines is 2. The second-order valence-electron chi connectivity index (χ2n) is 6.79. The fourth-order valence-corrected chi connectivity index (χ4v) is 3.45. The number of carbonyl (C=O) groups is 2. The summed E-state index contributed by atoms with van der Waals surface area (Å²) in [5.74, 6) is 0.0161. The monoisotopic (exact) mass is 347 g/mol. The first-order valence-electron chi connectivity index (χ1n) is 8.83. The van der Waals surface area contributed by atoms with Crippen LogP contribution in [0.25, 0.3) is 10.9 Å². The number of hydrogen-bond donors (Lipinski definition) is 2. The summed E-state index contributed by atoms with van der Waals surface area (Å²) in [5, 5.41) is 3.99. The van der Waals surface area contributed by atoms with Gasteiger partial charge in [-0.05, 0) is 68.3 Å². The molecular formula is C21H21N3O2. The average molecular weight is 347 g/mol. The van der Waals surface area contributed by atoms with Crippen LogP contribution in [-0.2, 0) is 4.79 Å². The number of nitrogens with zero attached hydrogens (tertiary/aromatic N) is 1. The van der Waals surface area contributed by atoms with Gasteiger partial charge in [0, 0.05) is 46.5 Å². The van der Waals surface area contributed by atoms with E-state index in [9.17, 15) is 9.59 Å². The zero-order valence-electron chi connectivity index (χ0n) is 14.9. The summed E-state index contributed by atoms with van der Waals surface area (Å²) in [6.07, 6.45) is 1.51. The van der Waals surface area contributed by atoms with E-state index >= 15 is 0 Å². The molecular weight excluding hydrogens is 326 g/mol. The number of aromatic nitrogens is 1. The molecule has 1 aromatic heterocycles. The molecule has 2 aromatic carbocycles. The maximum absolute atomic E-state index is 12.6. The lowest BCUT2D eigenvalue weighted by atomic mass is 10.1. The van der Waals surface area contributed by atoms with Gasteiger partial charge >= 0.3 is 0 Å². The molecule has 0 unspecified atom stereocenters. The minimum Gasteiger partial charge on any atom is -0.358 e. The van der Waals surface area contributed by atoms with Gasteiger partial charge in [0.2, 0.25) is 5.91 Å². The molecule has 0 spiro atoms. The molecule has 2 N–H and O–H groups in total. The van der Waals surface area contributed by atoms with E-state index in [4.69, 9.17) is 0 Å². The van der Waals surface area contributed by atoms with Gasteiger partial charge in [-0.3, -0.25) is 9.59 Å². The first-order valence-corrected chi connectivity index (χ1v) is 8.83. The summed E-state index contributed by atoms with van der Waals surface area (Å²) < 4.78 is 0. The van der Waals surface area contributed by atoms with Crippen molar-refractivity contribution in [1.29, 1.82) is 0 Å². The molecule has 26 heavy (non-hydrogen) atoms. The number of benzene rings is 2. The standard InChI is InChI=1S/C21H21N3O2/c1-13-14(2)22-19-10-5-15(12-18(13)19)21(26)23-16-6-8-17(9-7-16)24-11-3-4-20(24)25/h5-10,12,22H,3-4,11H2,1-2H3,(H,23,26). The van der Waals surface area contributed by atoms with E-state index < -0.39 is 0 Å². The van der Waals surface area contributed by atoms with Gasteiger partial charge in [0.05, 0.1) is 0 Å². The molecule has 5 nitrogen and oxygen atoms in total. The van der Waals surface area contributed by atoms with E-state index in [1.165, 1.54) is 0 Å². The highest BCUT2D eigenvalue weighted by Crippen LogP contribution is 2.25. The molecule has 0 radical (unpaired) electrons. The quantitative estimate of drug-likeness (QED) is 0.747. The first-order chi connectivity index (χ1) is 12.5. The van der Waals surface area contributed by atoms with E-state index in [0.29, 0.717) is 17.7 Å². The third-order valence-electron chi connectivity index (χ3n) is 5.08. The van der Waals surface area contributed by atoms with Crippen molar-refractivity contribution in [3.8, 4) is 0 Å². The topological polar surface area (TPSA) is 65.2 Å². The molecule has 0 bridgehead atoms. The molecule has 1 aliphatic heterocycles. The Morgan fingerprint density at radius 2 is 1.88 bits per heavy atom. The van der Waals surface area contributed by atoms with Crippen molar-refractivity contribution in [3.63, 3.8) is 0 Å². The number of aromatic amines is 1. The van der Waals surface area contributed by atoms with Crippen LogP contribution in [0.5, 0.6) is 0 Å². The Morgan fingerprint density at radius 3 is 2.58 bits per heavy atom. The van der Waals surface area contributed by atoms with E-state index in [1.807, 2.05) is 56.3 Å². The second kappa shape index (κ2) is 6.33. The third-order valence-corrected chi connectivity index (χ3v) is 5.08. The molecule has 0 saturated carbocycles. The zero-order chi connectivity index (χ0) is 18.3. The van der Waals surface area contributed by atoms with Crippen molar-refractivity contribution < 1.29 is 9.59 Å². The number of nitrogens with one attached hydrogen (secondary N) is 2. The lowest BCUT2D eigenvalue weighted by Gasteiger charge is -2.16. The third kappa shape index (κ3) is 2.86. The van der Waals surface area contributed by atoms with E-state index in [-0.39, 0.29) is 11.8 Å². The molecule has 1 fully saturated rings. The predicted octanol–water partition coefficient (Wildman–Crippen LogP) is 4.16. The van der Waals surface area contributed by atoms with Crippen LogP contribution in [0.3, 0.4) is 0 Å². The molecule has 3 aromatic rings. The van der Waals surface area contributed by atoms with Gasteiger partial charge in [-0.15, -0.1) is 0 Å². The number of aryl methyl sites for hydroxylation is 2. The van der Waals surface area contributed by atoms with Crippen LogP contribution in [0.2, 0.25) is 0 Å². The van der Waals surface area contributed by atoms with Gasteiger partial charge in [0.1, 0.15) is 0 Å². The molecule has 1 saturated heterocycles. The number of hydrogen-bond acceptors (Lipinski definition) is 2. The lowest BCUT2D eigenvalue weighted by molar-refractivity contribution is -0.117. The number of carbonyl (C=O) groups excluding carboxylic acids is 2. The molecule has 0 atom stereocenters. The van der Waals surface area contributed by atoms with Gasteiger partial charge in [0.15, 0.2) is 0 Å². The fourth-order valence-electron chi connectivity index (χ4n) is 3.45. The van der Waals surface area contributed by atoms with Crippen molar-refractivity contribution >= 4 is 34.1 Å². The Hall–Kier alpha value is -3.08. The van der Waals surface area contributed by atoms with Crippen LogP contribution in [0, 0.1) is 13.8 Å². The van der Waals surface area contributed by atoms with Gasteiger partial charge < -0.3 is 15.2 Å². The predicted molar refractivity (Wildman–Crippen MR) is 104 cm³/mol. The van der Waals surface area contributed by atoms with Gasteiger partial charge in [-0.25, -0.2) is 0 Å². The Kier molecular flexibility index (Phi) is 3.99. The molecule has 5 heteroatoms. The largest absolute Gasteiger partial charge is 0.358 e. The maximum atomic E-state index is 12.6. The van der Waals surface area contributed by atoms with Crippen LogP contribution >= 0.6 is 0 Å². The van der Waals surface area contributed by atoms with Crippen LogP contribution in [-0.4, -0.2) is 23.3 Å². The van der Waals surface area contributed by atoms with Crippen molar-refractivity contribution in [2.75, 3.05) is 16.8 Å². The number of amides is 2. The van der Waals surface area contributed by atoms with Crippen molar-refractivity contribution in [3.05, 3.63) is 59.3 Å². The summed E-state index contributed by atoms with van der Waals surface area (Å²) in [6.45, 7) is 4.84. The summed E-state index contributed by atoms with van der Waals surface area (Å²) in [7, 11) is 0. The average Bonchev–Trinajstić information content (AvgIpc) is 3.19. The molecule has 2 heterocycles. The van der Waals surface area contributed by atoms with Gasteiger partial charge in [0.25, 0.3) is 5.91 Å².